The molecule has 0 bridgehead atoms. The van der Waals surface area contributed by atoms with Crippen molar-refractivity contribution in [1.29, 1.82) is 0 Å². The first kappa shape index (κ1) is 9.52. The zero-order chi connectivity index (χ0) is 8.97. The lowest BCUT2D eigenvalue weighted by molar-refractivity contribution is -0.143. The smallest absolute Gasteiger partial charge is 0.322 e. The molecular formula is C9H17NO2. The summed E-state index contributed by atoms with van der Waals surface area (Å²) in [7, 11) is 1.44. The Balaban J connectivity index is 2.30. The topological polar surface area (TPSA) is 38.3 Å². The summed E-state index contributed by atoms with van der Waals surface area (Å²) in [4.78, 5) is 11.1. The minimum Gasteiger partial charge on any atom is -0.468 e. The van der Waals surface area contributed by atoms with Crippen LogP contribution in [0.1, 0.15) is 26.2 Å². The number of carbonyl (C=O) groups excluding carboxylic acids is 1. The second-order valence-electron chi connectivity index (χ2n) is 3.34. The molecule has 1 heterocycles. The van der Waals surface area contributed by atoms with E-state index in [1.54, 1.807) is 0 Å². The average molecular weight is 171 g/mol. The number of esters is 1. The molecule has 0 radical (unpaired) electrons. The predicted octanol–water partition coefficient (Wildman–Crippen LogP) is 0.938. The van der Waals surface area contributed by atoms with Gasteiger partial charge in [0.05, 0.1) is 7.11 Å². The summed E-state index contributed by atoms with van der Waals surface area (Å²) in [6, 6.07) is -0.0576. The fourth-order valence-electron chi connectivity index (χ4n) is 1.61. The molecule has 0 amide bonds. The lowest BCUT2D eigenvalue weighted by atomic mass is 9.93. The minimum atomic E-state index is -0.121. The van der Waals surface area contributed by atoms with E-state index in [-0.39, 0.29) is 12.0 Å². The highest BCUT2D eigenvalue weighted by molar-refractivity contribution is 5.75. The molecule has 1 aliphatic rings. The van der Waals surface area contributed by atoms with Crippen molar-refractivity contribution in [2.24, 2.45) is 5.92 Å². The second-order valence-corrected chi connectivity index (χ2v) is 3.34. The fraction of sp³-hybridized carbons (Fsp3) is 0.889. The van der Waals surface area contributed by atoms with Crippen LogP contribution in [0.5, 0.6) is 0 Å². The van der Waals surface area contributed by atoms with Gasteiger partial charge in [-0.15, -0.1) is 0 Å². The van der Waals surface area contributed by atoms with Gasteiger partial charge in [-0.25, -0.2) is 0 Å². The molecule has 1 N–H and O–H groups in total. The summed E-state index contributed by atoms with van der Waals surface area (Å²) in [5.41, 5.74) is 0. The van der Waals surface area contributed by atoms with Gasteiger partial charge < -0.3 is 10.1 Å². The van der Waals surface area contributed by atoms with Crippen LogP contribution < -0.4 is 5.32 Å². The third-order valence-electron chi connectivity index (χ3n) is 2.58. The first-order valence-corrected chi connectivity index (χ1v) is 4.59. The van der Waals surface area contributed by atoms with Gasteiger partial charge in [0.1, 0.15) is 6.04 Å². The molecule has 3 heteroatoms. The van der Waals surface area contributed by atoms with Crippen LogP contribution in [0.15, 0.2) is 0 Å². The maximum absolute atomic E-state index is 11.1. The SMILES string of the molecule is CC[C@@H]1CC[C@@H](C(=O)OC)NC1. The lowest BCUT2D eigenvalue weighted by Crippen LogP contribution is -2.44. The van der Waals surface area contributed by atoms with Gasteiger partial charge in [0.15, 0.2) is 0 Å². The van der Waals surface area contributed by atoms with E-state index in [0.29, 0.717) is 0 Å². The molecule has 0 aromatic heterocycles. The molecular weight excluding hydrogens is 154 g/mol. The Kier molecular flexibility index (Phi) is 3.53. The highest BCUT2D eigenvalue weighted by Gasteiger charge is 2.24. The molecule has 0 aromatic carbocycles. The number of piperidine rings is 1. The van der Waals surface area contributed by atoms with Gasteiger partial charge in [-0.05, 0) is 25.3 Å². The van der Waals surface area contributed by atoms with Crippen LogP contribution >= 0.6 is 0 Å². The molecule has 1 fully saturated rings. The average Bonchev–Trinajstić information content (AvgIpc) is 2.17. The molecule has 2 atom stereocenters. The molecule has 3 nitrogen and oxygen atoms in total. The quantitative estimate of drug-likeness (QED) is 0.628. The number of carbonyl (C=O) groups is 1. The third kappa shape index (κ3) is 2.21. The number of methoxy groups -OCH3 is 1. The number of rotatable bonds is 2. The number of hydrogen-bond donors (Lipinski definition) is 1. The van der Waals surface area contributed by atoms with Gasteiger partial charge >= 0.3 is 5.97 Å². The number of ether oxygens (including phenoxy) is 1. The van der Waals surface area contributed by atoms with Gasteiger partial charge in [0.25, 0.3) is 0 Å². The summed E-state index contributed by atoms with van der Waals surface area (Å²) in [5.74, 6) is 0.621. The Labute approximate surface area is 73.5 Å². The van der Waals surface area contributed by atoms with E-state index in [1.165, 1.54) is 13.5 Å². The van der Waals surface area contributed by atoms with Crippen molar-refractivity contribution < 1.29 is 9.53 Å². The van der Waals surface area contributed by atoms with Crippen LogP contribution in [0.2, 0.25) is 0 Å². The molecule has 0 spiro atoms. The first-order valence-electron chi connectivity index (χ1n) is 4.59. The molecule has 70 valence electrons. The molecule has 1 aliphatic heterocycles. The molecule has 1 saturated heterocycles. The zero-order valence-corrected chi connectivity index (χ0v) is 7.80. The normalized spacial score (nSPS) is 29.8. The summed E-state index contributed by atoms with van der Waals surface area (Å²) >= 11 is 0. The molecule has 0 unspecified atom stereocenters. The highest BCUT2D eigenvalue weighted by atomic mass is 16.5. The van der Waals surface area contributed by atoms with Crippen molar-refractivity contribution in [2.75, 3.05) is 13.7 Å². The van der Waals surface area contributed by atoms with Crippen molar-refractivity contribution in [3.63, 3.8) is 0 Å². The summed E-state index contributed by atoms with van der Waals surface area (Å²) < 4.78 is 4.66. The van der Waals surface area contributed by atoms with E-state index >= 15 is 0 Å². The largest absolute Gasteiger partial charge is 0.468 e. The van der Waals surface area contributed by atoms with Gasteiger partial charge in [0, 0.05) is 0 Å². The summed E-state index contributed by atoms with van der Waals surface area (Å²) in [6.45, 7) is 3.14. The minimum absolute atomic E-state index is 0.0576. The van der Waals surface area contributed by atoms with Crippen LogP contribution in [0.4, 0.5) is 0 Å². The summed E-state index contributed by atoms with van der Waals surface area (Å²) in [5, 5.41) is 3.20. The van der Waals surface area contributed by atoms with Gasteiger partial charge in [-0.1, -0.05) is 13.3 Å². The maximum atomic E-state index is 11.1. The maximum Gasteiger partial charge on any atom is 0.322 e. The summed E-state index contributed by atoms with van der Waals surface area (Å²) in [6.07, 6.45) is 3.26. The zero-order valence-electron chi connectivity index (χ0n) is 7.80. The van der Waals surface area contributed by atoms with Crippen molar-refractivity contribution in [3.8, 4) is 0 Å². The molecule has 0 saturated carbocycles. The van der Waals surface area contributed by atoms with Crippen LogP contribution in [0.3, 0.4) is 0 Å². The van der Waals surface area contributed by atoms with Crippen molar-refractivity contribution >= 4 is 5.97 Å². The Hall–Kier alpha value is -0.570. The van der Waals surface area contributed by atoms with E-state index in [4.69, 9.17) is 0 Å². The molecule has 1 rings (SSSR count). The molecule has 0 aliphatic carbocycles. The van der Waals surface area contributed by atoms with Crippen LogP contribution in [-0.4, -0.2) is 25.7 Å². The number of hydrogen-bond acceptors (Lipinski definition) is 3. The van der Waals surface area contributed by atoms with Crippen LogP contribution in [0.25, 0.3) is 0 Å². The van der Waals surface area contributed by atoms with Gasteiger partial charge in [0.2, 0.25) is 0 Å². The van der Waals surface area contributed by atoms with Crippen molar-refractivity contribution in [2.45, 2.75) is 32.2 Å². The van der Waals surface area contributed by atoms with Gasteiger partial charge in [-0.3, -0.25) is 4.79 Å². The molecule has 12 heavy (non-hydrogen) atoms. The van der Waals surface area contributed by atoms with E-state index in [0.717, 1.165) is 25.3 Å². The Morgan fingerprint density at radius 3 is 2.75 bits per heavy atom. The van der Waals surface area contributed by atoms with E-state index in [9.17, 15) is 4.79 Å². The van der Waals surface area contributed by atoms with Crippen molar-refractivity contribution in [1.82, 2.24) is 5.32 Å². The standard InChI is InChI=1S/C9H17NO2/c1-3-7-4-5-8(10-6-7)9(11)12-2/h7-8,10H,3-6H2,1-2H3/t7-,8+/m1/s1. The Morgan fingerprint density at radius 1 is 1.58 bits per heavy atom. The first-order chi connectivity index (χ1) is 5.77. The second kappa shape index (κ2) is 4.45. The van der Waals surface area contributed by atoms with E-state index in [2.05, 4.69) is 17.0 Å². The van der Waals surface area contributed by atoms with Crippen LogP contribution in [0, 0.1) is 5.92 Å². The lowest BCUT2D eigenvalue weighted by Gasteiger charge is -2.27. The molecule has 0 aromatic rings. The highest BCUT2D eigenvalue weighted by Crippen LogP contribution is 2.17. The monoisotopic (exact) mass is 171 g/mol. The van der Waals surface area contributed by atoms with Crippen molar-refractivity contribution in [3.05, 3.63) is 0 Å². The van der Waals surface area contributed by atoms with E-state index < -0.39 is 0 Å². The Bertz CT molecular complexity index is 151. The third-order valence-corrected chi connectivity index (χ3v) is 2.58. The van der Waals surface area contributed by atoms with Gasteiger partial charge in [-0.2, -0.15) is 0 Å². The van der Waals surface area contributed by atoms with E-state index in [1.807, 2.05) is 0 Å². The Morgan fingerprint density at radius 2 is 2.33 bits per heavy atom. The van der Waals surface area contributed by atoms with Crippen LogP contribution in [-0.2, 0) is 9.53 Å². The number of nitrogens with one attached hydrogen (secondary N) is 1. The predicted molar refractivity (Wildman–Crippen MR) is 46.8 cm³/mol. The fourth-order valence-corrected chi connectivity index (χ4v) is 1.61.